The lowest BCUT2D eigenvalue weighted by Crippen LogP contribution is -2.29. The fourth-order valence-corrected chi connectivity index (χ4v) is 1.29. The Labute approximate surface area is 102 Å². The summed E-state index contributed by atoms with van der Waals surface area (Å²) in [5, 5.41) is 22.3. The second-order valence-corrected chi connectivity index (χ2v) is 3.28. The summed E-state index contributed by atoms with van der Waals surface area (Å²) >= 11 is 0. The Kier molecular flexibility index (Phi) is 4.35. The van der Waals surface area contributed by atoms with Gasteiger partial charge in [0, 0.05) is 0 Å². The fraction of sp³-hybridized carbons (Fsp3) is 0.444. The molecule has 0 fully saturated rings. The molecule has 9 nitrogen and oxygen atoms in total. The van der Waals surface area contributed by atoms with Crippen LogP contribution in [-0.2, 0) is 4.79 Å². The van der Waals surface area contributed by atoms with E-state index >= 15 is 0 Å². The second kappa shape index (κ2) is 5.75. The van der Waals surface area contributed by atoms with Gasteiger partial charge in [0.15, 0.2) is 0 Å². The number of nitrogens with zero attached hydrogens (tertiary/aromatic N) is 3. The molecule has 98 valence electrons. The zero-order valence-corrected chi connectivity index (χ0v) is 9.78. The largest absolute Gasteiger partial charge is 0.480 e. The van der Waals surface area contributed by atoms with Gasteiger partial charge in [-0.25, -0.2) is 9.78 Å². The maximum absolute atomic E-state index is 10.9. The van der Waals surface area contributed by atoms with Crippen molar-refractivity contribution in [1.82, 2.24) is 9.97 Å². The standard InChI is InChI=1S/C9H12N4O5/c1-3-5(9(14)15)12-7-6(13(16)17)8(18-2)11-4-10-7/h4-5H,3H2,1-2H3,(H,14,15)(H,10,11,12). The van der Waals surface area contributed by atoms with Gasteiger partial charge in [0.05, 0.1) is 12.0 Å². The van der Waals surface area contributed by atoms with E-state index in [1.54, 1.807) is 6.92 Å². The number of ether oxygens (including phenoxy) is 1. The molecule has 2 N–H and O–H groups in total. The minimum Gasteiger partial charge on any atom is -0.480 e. The van der Waals surface area contributed by atoms with E-state index in [9.17, 15) is 14.9 Å². The number of rotatable bonds is 6. The summed E-state index contributed by atoms with van der Waals surface area (Å²) < 4.78 is 4.74. The molecule has 9 heteroatoms. The van der Waals surface area contributed by atoms with Crippen molar-refractivity contribution in [2.45, 2.75) is 19.4 Å². The van der Waals surface area contributed by atoms with Crippen molar-refractivity contribution in [3.63, 3.8) is 0 Å². The summed E-state index contributed by atoms with van der Waals surface area (Å²) in [7, 11) is 1.23. The van der Waals surface area contributed by atoms with Gasteiger partial charge in [-0.05, 0) is 6.42 Å². The molecule has 0 aliphatic carbocycles. The number of hydrogen-bond acceptors (Lipinski definition) is 7. The van der Waals surface area contributed by atoms with Crippen LogP contribution in [-0.4, -0.2) is 39.1 Å². The van der Waals surface area contributed by atoms with Gasteiger partial charge < -0.3 is 15.2 Å². The topological polar surface area (TPSA) is 127 Å². The van der Waals surface area contributed by atoms with Gasteiger partial charge in [0.25, 0.3) is 5.88 Å². The molecule has 0 radical (unpaired) electrons. The van der Waals surface area contributed by atoms with Crippen LogP contribution in [0.2, 0.25) is 0 Å². The van der Waals surface area contributed by atoms with Crippen molar-refractivity contribution < 1.29 is 19.6 Å². The number of aliphatic carboxylic acids is 1. The van der Waals surface area contributed by atoms with Crippen LogP contribution in [0.5, 0.6) is 5.88 Å². The number of carboxylic acid groups (broad SMARTS) is 1. The molecule has 1 aromatic heterocycles. The van der Waals surface area contributed by atoms with Crippen molar-refractivity contribution in [2.75, 3.05) is 12.4 Å². The molecule has 1 unspecified atom stereocenters. The predicted molar refractivity (Wildman–Crippen MR) is 60.6 cm³/mol. The Balaban J connectivity index is 3.15. The first-order valence-corrected chi connectivity index (χ1v) is 5.04. The van der Waals surface area contributed by atoms with E-state index in [0.29, 0.717) is 0 Å². The molecule has 0 aromatic carbocycles. The van der Waals surface area contributed by atoms with Gasteiger partial charge in [-0.1, -0.05) is 6.92 Å². The van der Waals surface area contributed by atoms with Crippen LogP contribution >= 0.6 is 0 Å². The molecular weight excluding hydrogens is 244 g/mol. The minimum atomic E-state index is -1.12. The summed E-state index contributed by atoms with van der Waals surface area (Å²) in [6, 6.07) is -0.969. The number of nitro groups is 1. The molecular formula is C9H12N4O5. The lowest BCUT2D eigenvalue weighted by Gasteiger charge is -2.13. The number of anilines is 1. The summed E-state index contributed by atoms with van der Waals surface area (Å²) in [5.41, 5.74) is -0.486. The lowest BCUT2D eigenvalue weighted by molar-refractivity contribution is -0.385. The van der Waals surface area contributed by atoms with Crippen LogP contribution in [0.4, 0.5) is 11.5 Å². The van der Waals surface area contributed by atoms with Gasteiger partial charge in [0.2, 0.25) is 5.82 Å². The first-order valence-electron chi connectivity index (χ1n) is 5.04. The Hall–Kier alpha value is -2.45. The van der Waals surface area contributed by atoms with E-state index in [2.05, 4.69) is 15.3 Å². The number of carbonyl (C=O) groups is 1. The van der Waals surface area contributed by atoms with Crippen LogP contribution in [0.15, 0.2) is 6.33 Å². The highest BCUT2D eigenvalue weighted by molar-refractivity contribution is 5.78. The summed E-state index contributed by atoms with van der Waals surface area (Å²) in [5.74, 6) is -1.52. The molecule has 1 aromatic rings. The third-order valence-corrected chi connectivity index (χ3v) is 2.18. The van der Waals surface area contributed by atoms with E-state index in [1.165, 1.54) is 7.11 Å². The molecule has 0 amide bonds. The first kappa shape index (κ1) is 13.6. The van der Waals surface area contributed by atoms with Crippen LogP contribution in [0, 0.1) is 10.1 Å². The third kappa shape index (κ3) is 2.81. The van der Waals surface area contributed by atoms with Gasteiger partial charge in [-0.3, -0.25) is 10.1 Å². The molecule has 1 heterocycles. The first-order chi connectivity index (χ1) is 8.51. The molecule has 0 aliphatic heterocycles. The molecule has 0 bridgehead atoms. The number of carboxylic acids is 1. The van der Waals surface area contributed by atoms with Gasteiger partial charge >= 0.3 is 11.7 Å². The van der Waals surface area contributed by atoms with Crippen LogP contribution in [0.1, 0.15) is 13.3 Å². The fourth-order valence-electron chi connectivity index (χ4n) is 1.29. The van der Waals surface area contributed by atoms with Crippen LogP contribution < -0.4 is 10.1 Å². The Morgan fingerprint density at radius 2 is 2.33 bits per heavy atom. The van der Waals surface area contributed by atoms with E-state index in [4.69, 9.17) is 9.84 Å². The average Bonchev–Trinajstić information content (AvgIpc) is 2.34. The number of nitrogens with one attached hydrogen (secondary N) is 1. The highest BCUT2D eigenvalue weighted by Crippen LogP contribution is 2.30. The normalized spacial score (nSPS) is 11.7. The monoisotopic (exact) mass is 256 g/mol. The maximum Gasteiger partial charge on any atom is 0.372 e. The maximum atomic E-state index is 10.9. The van der Waals surface area contributed by atoms with E-state index in [0.717, 1.165) is 6.33 Å². The molecule has 0 saturated heterocycles. The zero-order valence-electron chi connectivity index (χ0n) is 9.78. The molecule has 0 aliphatic rings. The molecule has 0 saturated carbocycles. The minimum absolute atomic E-state index is 0.180. The Morgan fingerprint density at radius 3 is 2.78 bits per heavy atom. The van der Waals surface area contributed by atoms with Crippen LogP contribution in [0.25, 0.3) is 0 Å². The van der Waals surface area contributed by atoms with Crippen LogP contribution in [0.3, 0.4) is 0 Å². The SMILES string of the molecule is CCC(Nc1ncnc(OC)c1[N+](=O)[O-])C(=O)O. The second-order valence-electron chi connectivity index (χ2n) is 3.28. The smallest absolute Gasteiger partial charge is 0.372 e. The van der Waals surface area contributed by atoms with Crippen molar-refractivity contribution in [3.05, 3.63) is 16.4 Å². The molecule has 18 heavy (non-hydrogen) atoms. The highest BCUT2D eigenvalue weighted by Gasteiger charge is 2.27. The molecule has 0 spiro atoms. The average molecular weight is 256 g/mol. The van der Waals surface area contributed by atoms with Crippen molar-refractivity contribution >= 4 is 17.5 Å². The van der Waals surface area contributed by atoms with Crippen molar-refractivity contribution in [3.8, 4) is 5.88 Å². The van der Waals surface area contributed by atoms with E-state index in [1.807, 2.05) is 0 Å². The Morgan fingerprint density at radius 1 is 1.67 bits per heavy atom. The Bertz CT molecular complexity index is 464. The third-order valence-electron chi connectivity index (χ3n) is 2.18. The number of aromatic nitrogens is 2. The summed E-state index contributed by atoms with van der Waals surface area (Å²) in [6.07, 6.45) is 1.31. The van der Waals surface area contributed by atoms with Crippen molar-refractivity contribution in [2.24, 2.45) is 0 Å². The van der Waals surface area contributed by atoms with E-state index < -0.39 is 22.6 Å². The zero-order chi connectivity index (χ0) is 13.7. The van der Waals surface area contributed by atoms with Gasteiger partial charge in [-0.2, -0.15) is 4.98 Å². The predicted octanol–water partition coefficient (Wildman–Crippen LogP) is 0.668. The number of hydrogen-bond donors (Lipinski definition) is 2. The van der Waals surface area contributed by atoms with Gasteiger partial charge in [-0.15, -0.1) is 0 Å². The summed E-state index contributed by atoms with van der Waals surface area (Å²) in [6.45, 7) is 1.63. The van der Waals surface area contributed by atoms with Crippen molar-refractivity contribution in [1.29, 1.82) is 0 Å². The quantitative estimate of drug-likeness (QED) is 0.561. The lowest BCUT2D eigenvalue weighted by atomic mass is 10.2. The van der Waals surface area contributed by atoms with E-state index in [-0.39, 0.29) is 18.1 Å². The highest BCUT2D eigenvalue weighted by atomic mass is 16.6. The summed E-state index contributed by atoms with van der Waals surface area (Å²) in [4.78, 5) is 28.3. The molecule has 1 atom stereocenters. The van der Waals surface area contributed by atoms with Gasteiger partial charge in [0.1, 0.15) is 12.4 Å². The molecule has 1 rings (SSSR count). The number of methoxy groups -OCH3 is 1.